The van der Waals surface area contributed by atoms with Gasteiger partial charge in [0.2, 0.25) is 0 Å². The minimum absolute atomic E-state index is 0.135. The molecule has 110 valence electrons. The average Bonchev–Trinajstić information content (AvgIpc) is 2.61. The summed E-state index contributed by atoms with van der Waals surface area (Å²) < 4.78 is 11.8. The van der Waals surface area contributed by atoms with Crippen molar-refractivity contribution in [3.05, 3.63) is 0 Å². The SMILES string of the molecule is CN(CC(=O)OC(C)(C)C)N(O)SN1CCOC1=O. The molecule has 1 aliphatic rings. The van der Waals surface area contributed by atoms with Crippen molar-refractivity contribution in [2.45, 2.75) is 26.4 Å². The van der Waals surface area contributed by atoms with Crippen molar-refractivity contribution in [3.63, 3.8) is 0 Å². The van der Waals surface area contributed by atoms with E-state index < -0.39 is 17.7 Å². The molecule has 0 aliphatic carbocycles. The number of esters is 1. The number of amides is 1. The van der Waals surface area contributed by atoms with E-state index in [1.54, 1.807) is 20.8 Å². The van der Waals surface area contributed by atoms with Gasteiger partial charge in [0, 0.05) is 7.05 Å². The van der Waals surface area contributed by atoms with Crippen LogP contribution in [0.25, 0.3) is 0 Å². The second-order valence-electron chi connectivity index (χ2n) is 4.95. The molecule has 19 heavy (non-hydrogen) atoms. The zero-order valence-electron chi connectivity index (χ0n) is 11.5. The number of rotatable bonds is 5. The van der Waals surface area contributed by atoms with Gasteiger partial charge in [-0.2, -0.15) is 5.01 Å². The van der Waals surface area contributed by atoms with Crippen LogP contribution in [0, 0.1) is 0 Å². The number of carbonyl (C=O) groups excluding carboxylic acids is 2. The van der Waals surface area contributed by atoms with Crippen molar-refractivity contribution in [2.75, 3.05) is 26.7 Å². The van der Waals surface area contributed by atoms with Crippen LogP contribution < -0.4 is 0 Å². The van der Waals surface area contributed by atoms with E-state index in [1.165, 1.54) is 16.4 Å². The van der Waals surface area contributed by atoms with Gasteiger partial charge in [-0.3, -0.25) is 10.0 Å². The predicted octanol–water partition coefficient (Wildman–Crippen LogP) is 0.881. The van der Waals surface area contributed by atoms with E-state index in [2.05, 4.69) is 0 Å². The van der Waals surface area contributed by atoms with Gasteiger partial charge in [-0.25, -0.2) is 9.10 Å². The zero-order chi connectivity index (χ0) is 14.6. The zero-order valence-corrected chi connectivity index (χ0v) is 12.3. The van der Waals surface area contributed by atoms with Gasteiger partial charge in [0.15, 0.2) is 0 Å². The first-order chi connectivity index (χ1) is 8.69. The molecule has 1 amide bonds. The maximum atomic E-state index is 11.6. The largest absolute Gasteiger partial charge is 0.459 e. The summed E-state index contributed by atoms with van der Waals surface area (Å²) in [6.07, 6.45) is -0.519. The van der Waals surface area contributed by atoms with Crippen molar-refractivity contribution < 1.29 is 24.3 Å². The maximum absolute atomic E-state index is 11.6. The van der Waals surface area contributed by atoms with Crippen LogP contribution in [0.2, 0.25) is 0 Å². The fourth-order valence-corrected chi connectivity index (χ4v) is 1.86. The number of hydrogen-bond acceptors (Lipinski definition) is 8. The van der Waals surface area contributed by atoms with Crippen molar-refractivity contribution in [3.8, 4) is 0 Å². The average molecular weight is 293 g/mol. The van der Waals surface area contributed by atoms with Crippen LogP contribution in [0.3, 0.4) is 0 Å². The highest BCUT2D eigenvalue weighted by atomic mass is 32.2. The Morgan fingerprint density at radius 1 is 1.58 bits per heavy atom. The first-order valence-electron chi connectivity index (χ1n) is 5.73. The summed E-state index contributed by atoms with van der Waals surface area (Å²) >= 11 is 0.749. The van der Waals surface area contributed by atoms with Crippen molar-refractivity contribution in [1.29, 1.82) is 0 Å². The molecule has 1 heterocycles. The number of carbonyl (C=O) groups is 2. The lowest BCUT2D eigenvalue weighted by molar-refractivity contribution is -0.177. The van der Waals surface area contributed by atoms with Gasteiger partial charge in [0.05, 0.1) is 18.7 Å². The van der Waals surface area contributed by atoms with E-state index in [0.29, 0.717) is 11.1 Å². The van der Waals surface area contributed by atoms with Gasteiger partial charge in [-0.05, 0) is 25.3 Å². The number of hydrazine groups is 1. The van der Waals surface area contributed by atoms with Crippen LogP contribution in [0.1, 0.15) is 20.8 Å². The molecule has 0 spiro atoms. The van der Waals surface area contributed by atoms with Crippen molar-refractivity contribution in [2.24, 2.45) is 0 Å². The normalized spacial score (nSPS) is 16.2. The first-order valence-corrected chi connectivity index (χ1v) is 6.46. The summed E-state index contributed by atoms with van der Waals surface area (Å²) in [6.45, 7) is 5.81. The molecule has 0 unspecified atom stereocenters. The highest BCUT2D eigenvalue weighted by Crippen LogP contribution is 2.20. The van der Waals surface area contributed by atoms with Crippen LogP contribution in [0.15, 0.2) is 0 Å². The molecule has 8 nitrogen and oxygen atoms in total. The van der Waals surface area contributed by atoms with Gasteiger partial charge in [-0.1, -0.05) is 0 Å². The van der Waals surface area contributed by atoms with E-state index in [0.717, 1.165) is 12.1 Å². The van der Waals surface area contributed by atoms with E-state index in [1.807, 2.05) is 0 Å². The van der Waals surface area contributed by atoms with Gasteiger partial charge in [0.1, 0.15) is 18.8 Å². The molecule has 0 bridgehead atoms. The molecule has 0 aromatic heterocycles. The Balaban J connectivity index is 2.37. The van der Waals surface area contributed by atoms with Gasteiger partial charge in [-0.15, -0.1) is 0 Å². The molecule has 1 aliphatic heterocycles. The lowest BCUT2D eigenvalue weighted by Gasteiger charge is -2.27. The smallest absolute Gasteiger partial charge is 0.421 e. The molecule has 0 radical (unpaired) electrons. The molecule has 0 saturated carbocycles. The Morgan fingerprint density at radius 2 is 2.21 bits per heavy atom. The van der Waals surface area contributed by atoms with Crippen LogP contribution >= 0.6 is 12.1 Å². The monoisotopic (exact) mass is 293 g/mol. The van der Waals surface area contributed by atoms with E-state index in [-0.39, 0.29) is 13.2 Å². The van der Waals surface area contributed by atoms with Crippen LogP contribution in [-0.4, -0.2) is 63.5 Å². The molecular weight excluding hydrogens is 274 g/mol. The molecule has 0 aromatic carbocycles. The molecule has 1 rings (SSSR count). The lowest BCUT2D eigenvalue weighted by Crippen LogP contribution is -2.41. The number of cyclic esters (lactones) is 1. The minimum atomic E-state index is -0.579. The molecule has 9 heteroatoms. The molecule has 1 fully saturated rings. The Kier molecular flexibility index (Phi) is 5.41. The maximum Gasteiger partial charge on any atom is 0.421 e. The topological polar surface area (TPSA) is 82.6 Å². The fraction of sp³-hybridized carbons (Fsp3) is 0.800. The first kappa shape index (κ1) is 16.0. The lowest BCUT2D eigenvalue weighted by atomic mass is 10.2. The van der Waals surface area contributed by atoms with E-state index >= 15 is 0 Å². The van der Waals surface area contributed by atoms with Crippen LogP contribution in [0.4, 0.5) is 4.79 Å². The third kappa shape index (κ3) is 5.64. The fourth-order valence-electron chi connectivity index (χ4n) is 1.22. The highest BCUT2D eigenvalue weighted by Gasteiger charge is 2.27. The standard InChI is InChI=1S/C10H19N3O5S/c1-10(2,3)18-8(14)7-11(4)13(16)19-12-5-6-17-9(12)15/h16H,5-7H2,1-4H3. The van der Waals surface area contributed by atoms with Gasteiger partial charge >= 0.3 is 12.1 Å². The summed E-state index contributed by atoms with van der Waals surface area (Å²) in [7, 11) is 1.50. The second-order valence-corrected chi connectivity index (χ2v) is 5.88. The summed E-state index contributed by atoms with van der Waals surface area (Å²) in [5, 5.41) is 10.9. The quantitative estimate of drug-likeness (QED) is 0.454. The van der Waals surface area contributed by atoms with Crippen LogP contribution in [0.5, 0.6) is 0 Å². The van der Waals surface area contributed by atoms with Crippen molar-refractivity contribution in [1.82, 2.24) is 13.9 Å². The molecule has 1 saturated heterocycles. The highest BCUT2D eigenvalue weighted by molar-refractivity contribution is 7.94. The summed E-state index contributed by atoms with van der Waals surface area (Å²) in [4.78, 5) is 22.7. The number of hydrogen-bond donors (Lipinski definition) is 1. The number of nitrogens with zero attached hydrogens (tertiary/aromatic N) is 3. The number of likely N-dealkylation sites (N-methyl/N-ethyl adjacent to an activating group) is 1. The Morgan fingerprint density at radius 3 is 2.68 bits per heavy atom. The third-order valence-electron chi connectivity index (χ3n) is 1.97. The van der Waals surface area contributed by atoms with E-state index in [4.69, 9.17) is 9.47 Å². The Hall–Kier alpha value is -1.03. The third-order valence-corrected chi connectivity index (χ3v) is 2.92. The Bertz CT molecular complexity index is 347. The van der Waals surface area contributed by atoms with E-state index in [9.17, 15) is 14.8 Å². The molecule has 0 aromatic rings. The summed E-state index contributed by atoms with van der Waals surface area (Å²) in [5.74, 6) is -0.473. The van der Waals surface area contributed by atoms with Crippen molar-refractivity contribution >= 4 is 24.2 Å². The second kappa shape index (κ2) is 6.42. The summed E-state index contributed by atoms with van der Waals surface area (Å²) in [5.41, 5.74) is -0.579. The molecule has 1 N–H and O–H groups in total. The Labute approximate surface area is 116 Å². The molecule has 0 atom stereocenters. The van der Waals surface area contributed by atoms with Crippen LogP contribution in [-0.2, 0) is 14.3 Å². The van der Waals surface area contributed by atoms with Gasteiger partial charge in [0.25, 0.3) is 0 Å². The summed E-state index contributed by atoms with van der Waals surface area (Å²) in [6, 6.07) is 0. The van der Waals surface area contributed by atoms with Gasteiger partial charge < -0.3 is 9.47 Å². The minimum Gasteiger partial charge on any atom is -0.459 e. The number of ether oxygens (including phenoxy) is 2. The molecular formula is C10H19N3O5S. The predicted molar refractivity (Wildman–Crippen MR) is 67.7 cm³/mol.